The van der Waals surface area contributed by atoms with Crippen molar-refractivity contribution in [3.63, 3.8) is 0 Å². The third-order valence-electron chi connectivity index (χ3n) is 1.71. The number of hydrogen-bond acceptors (Lipinski definition) is 1. The van der Waals surface area contributed by atoms with Gasteiger partial charge in [0.15, 0.2) is 5.69 Å². The van der Waals surface area contributed by atoms with Gasteiger partial charge in [0.05, 0.1) is 5.56 Å². The van der Waals surface area contributed by atoms with E-state index in [9.17, 15) is 22.0 Å². The van der Waals surface area contributed by atoms with E-state index in [1.165, 1.54) is 6.92 Å². The van der Waals surface area contributed by atoms with Crippen LogP contribution in [0.15, 0.2) is 10.7 Å². The van der Waals surface area contributed by atoms with Gasteiger partial charge in [0, 0.05) is 10.7 Å². The number of hydrogen-bond donors (Lipinski definition) is 0. The lowest BCUT2D eigenvalue weighted by Crippen LogP contribution is -2.13. The van der Waals surface area contributed by atoms with Crippen LogP contribution in [0.4, 0.5) is 22.0 Å². The molecule has 0 saturated heterocycles. The Morgan fingerprint density at radius 1 is 1.33 bits per heavy atom. The summed E-state index contributed by atoms with van der Waals surface area (Å²) in [6, 6.07) is 0. The van der Waals surface area contributed by atoms with Gasteiger partial charge < -0.3 is 0 Å². The Morgan fingerprint density at radius 3 is 2.27 bits per heavy atom. The van der Waals surface area contributed by atoms with E-state index >= 15 is 0 Å². The molecule has 0 amide bonds. The maximum atomic E-state index is 12.4. The molecule has 0 aromatic carbocycles. The van der Waals surface area contributed by atoms with Gasteiger partial charge in [0.2, 0.25) is 0 Å². The monoisotopic (exact) mass is 289 g/mol. The first-order valence-corrected chi connectivity index (χ1v) is 4.54. The number of nitrogens with zero attached hydrogens (tertiary/aromatic N) is 1. The van der Waals surface area contributed by atoms with Gasteiger partial charge in [-0.15, -0.1) is 0 Å². The van der Waals surface area contributed by atoms with Crippen molar-refractivity contribution in [3.8, 4) is 0 Å². The first-order chi connectivity index (χ1) is 6.75. The zero-order chi connectivity index (χ0) is 11.8. The van der Waals surface area contributed by atoms with E-state index in [1.54, 1.807) is 0 Å². The van der Waals surface area contributed by atoms with Crippen LogP contribution >= 0.6 is 15.9 Å². The topological polar surface area (TPSA) is 12.9 Å². The predicted molar refractivity (Wildman–Crippen MR) is 46.6 cm³/mol. The standard InChI is InChI=1S/C8H5BrF5N/c1-3-2-15-6(8(12,13)14)4(5(3)9)7(10)11/h2,7H,1H3. The molecular formula is C8H5BrF5N. The number of aromatic nitrogens is 1. The van der Waals surface area contributed by atoms with Gasteiger partial charge in [-0.25, -0.2) is 8.78 Å². The molecule has 1 nitrogen and oxygen atoms in total. The highest BCUT2D eigenvalue weighted by molar-refractivity contribution is 9.10. The molecule has 1 aromatic rings. The van der Waals surface area contributed by atoms with Crippen LogP contribution in [-0.4, -0.2) is 4.98 Å². The van der Waals surface area contributed by atoms with E-state index in [-0.39, 0.29) is 10.0 Å². The molecule has 84 valence electrons. The Balaban J connectivity index is 3.47. The lowest BCUT2D eigenvalue weighted by molar-refractivity contribution is -0.143. The molecule has 0 fully saturated rings. The van der Waals surface area contributed by atoms with E-state index in [4.69, 9.17) is 0 Å². The molecule has 15 heavy (non-hydrogen) atoms. The zero-order valence-corrected chi connectivity index (χ0v) is 8.96. The summed E-state index contributed by atoms with van der Waals surface area (Å²) >= 11 is 2.70. The van der Waals surface area contributed by atoms with Gasteiger partial charge in [-0.3, -0.25) is 4.98 Å². The van der Waals surface area contributed by atoms with Crippen molar-refractivity contribution < 1.29 is 22.0 Å². The number of alkyl halides is 5. The average molecular weight is 290 g/mol. The molecule has 0 saturated carbocycles. The molecule has 0 aliphatic heterocycles. The molecule has 0 aliphatic carbocycles. The second-order valence-corrected chi connectivity index (χ2v) is 3.61. The highest BCUT2D eigenvalue weighted by atomic mass is 79.9. The van der Waals surface area contributed by atoms with E-state index in [0.717, 1.165) is 6.20 Å². The smallest absolute Gasteiger partial charge is 0.251 e. The molecule has 1 heterocycles. The molecule has 7 heteroatoms. The van der Waals surface area contributed by atoms with Crippen molar-refractivity contribution in [2.24, 2.45) is 0 Å². The maximum Gasteiger partial charge on any atom is 0.433 e. The minimum absolute atomic E-state index is 0.235. The Morgan fingerprint density at radius 2 is 1.87 bits per heavy atom. The highest BCUT2D eigenvalue weighted by Gasteiger charge is 2.39. The lowest BCUT2D eigenvalue weighted by Gasteiger charge is -2.13. The summed E-state index contributed by atoms with van der Waals surface area (Å²) in [6.07, 6.45) is -7.19. The van der Waals surface area contributed by atoms with E-state index in [1.807, 2.05) is 0 Å². The van der Waals surface area contributed by atoms with Crippen LogP contribution in [0.25, 0.3) is 0 Å². The van der Waals surface area contributed by atoms with Crippen LogP contribution in [0, 0.1) is 6.92 Å². The third kappa shape index (κ3) is 2.45. The Bertz CT molecular complexity index is 374. The van der Waals surface area contributed by atoms with E-state index in [0.29, 0.717) is 0 Å². The number of aryl methyl sites for hydroxylation is 1. The van der Waals surface area contributed by atoms with Crippen LogP contribution in [0.1, 0.15) is 23.2 Å². The predicted octanol–water partition coefficient (Wildman–Crippen LogP) is 4.11. The Hall–Kier alpha value is -0.720. The van der Waals surface area contributed by atoms with Crippen molar-refractivity contribution >= 4 is 15.9 Å². The van der Waals surface area contributed by atoms with Crippen molar-refractivity contribution in [1.82, 2.24) is 4.98 Å². The summed E-state index contributed by atoms with van der Waals surface area (Å²) < 4.78 is 61.5. The first-order valence-electron chi connectivity index (χ1n) is 3.75. The van der Waals surface area contributed by atoms with Crippen LogP contribution in [0.5, 0.6) is 0 Å². The van der Waals surface area contributed by atoms with Crippen molar-refractivity contribution in [2.45, 2.75) is 19.5 Å². The molecule has 0 unspecified atom stereocenters. The number of rotatable bonds is 1. The fraction of sp³-hybridized carbons (Fsp3) is 0.375. The molecule has 0 atom stereocenters. The van der Waals surface area contributed by atoms with Gasteiger partial charge in [0.1, 0.15) is 0 Å². The second kappa shape index (κ2) is 4.03. The summed E-state index contributed by atoms with van der Waals surface area (Å²) in [7, 11) is 0. The van der Waals surface area contributed by atoms with Crippen LogP contribution < -0.4 is 0 Å². The number of halogens is 6. The molecule has 0 aliphatic rings. The van der Waals surface area contributed by atoms with Gasteiger partial charge in [-0.1, -0.05) is 0 Å². The molecule has 1 aromatic heterocycles. The Kier molecular flexibility index (Phi) is 3.32. The quantitative estimate of drug-likeness (QED) is 0.709. The van der Waals surface area contributed by atoms with Gasteiger partial charge in [-0.05, 0) is 28.4 Å². The largest absolute Gasteiger partial charge is 0.433 e. The van der Waals surface area contributed by atoms with E-state index in [2.05, 4.69) is 20.9 Å². The fourth-order valence-electron chi connectivity index (χ4n) is 1.03. The minimum atomic E-state index is -4.87. The van der Waals surface area contributed by atoms with Gasteiger partial charge in [0.25, 0.3) is 6.43 Å². The summed E-state index contributed by atoms with van der Waals surface area (Å²) in [6.45, 7) is 1.39. The molecule has 0 N–H and O–H groups in total. The SMILES string of the molecule is Cc1cnc(C(F)(F)F)c(C(F)F)c1Br. The Labute approximate surface area is 90.4 Å². The summed E-state index contributed by atoms with van der Waals surface area (Å²) in [4.78, 5) is 3.00. The fourth-order valence-corrected chi connectivity index (χ4v) is 1.49. The average Bonchev–Trinajstić information content (AvgIpc) is 2.06. The van der Waals surface area contributed by atoms with Gasteiger partial charge >= 0.3 is 6.18 Å². The van der Waals surface area contributed by atoms with Gasteiger partial charge in [-0.2, -0.15) is 13.2 Å². The lowest BCUT2D eigenvalue weighted by atomic mass is 10.1. The van der Waals surface area contributed by atoms with E-state index < -0.39 is 23.9 Å². The van der Waals surface area contributed by atoms with Crippen LogP contribution in [0.3, 0.4) is 0 Å². The molecule has 1 rings (SSSR count). The maximum absolute atomic E-state index is 12.4. The summed E-state index contributed by atoms with van der Waals surface area (Å²) in [5, 5.41) is 0. The minimum Gasteiger partial charge on any atom is -0.251 e. The van der Waals surface area contributed by atoms with Crippen molar-refractivity contribution in [1.29, 1.82) is 0 Å². The number of pyridine rings is 1. The van der Waals surface area contributed by atoms with Crippen molar-refractivity contribution in [2.75, 3.05) is 0 Å². The highest BCUT2D eigenvalue weighted by Crippen LogP contribution is 2.39. The van der Waals surface area contributed by atoms with Crippen LogP contribution in [0.2, 0.25) is 0 Å². The molecule has 0 spiro atoms. The molecule has 0 bridgehead atoms. The zero-order valence-electron chi connectivity index (χ0n) is 7.37. The molecule has 0 radical (unpaired) electrons. The second-order valence-electron chi connectivity index (χ2n) is 2.82. The normalized spacial score (nSPS) is 12.3. The summed E-state index contributed by atoms with van der Waals surface area (Å²) in [5.41, 5.74) is -2.42. The summed E-state index contributed by atoms with van der Waals surface area (Å²) in [5.74, 6) is 0. The van der Waals surface area contributed by atoms with Crippen LogP contribution in [-0.2, 0) is 6.18 Å². The molecular weight excluding hydrogens is 285 g/mol. The van der Waals surface area contributed by atoms with Crippen molar-refractivity contribution in [3.05, 3.63) is 27.5 Å². The third-order valence-corrected chi connectivity index (χ3v) is 2.76. The first kappa shape index (κ1) is 12.4.